The second kappa shape index (κ2) is 7.81. The first kappa shape index (κ1) is 17.2. The van der Waals surface area contributed by atoms with Crippen LogP contribution in [0.15, 0.2) is 0 Å². The SMILES string of the molecule is CCN1CCNC(CC(=O)N2CCC(O)CC2)C1=O.Cl. The minimum atomic E-state index is -0.381. The molecule has 0 aromatic rings. The van der Waals surface area contributed by atoms with Crippen LogP contribution in [-0.4, -0.2) is 71.6 Å². The quantitative estimate of drug-likeness (QED) is 0.744. The first-order chi connectivity index (χ1) is 9.11. The van der Waals surface area contributed by atoms with Crippen LogP contribution in [0.5, 0.6) is 0 Å². The van der Waals surface area contributed by atoms with Crippen LogP contribution >= 0.6 is 12.4 Å². The maximum atomic E-state index is 12.1. The Balaban J connectivity index is 0.00000200. The first-order valence-electron chi connectivity index (χ1n) is 7.09. The monoisotopic (exact) mass is 305 g/mol. The number of carbonyl (C=O) groups excluding carboxylic acids is 2. The van der Waals surface area contributed by atoms with Gasteiger partial charge in [-0.1, -0.05) is 0 Å². The standard InChI is InChI=1S/C13H23N3O3.ClH/c1-2-15-8-5-14-11(13(15)19)9-12(18)16-6-3-10(17)4-7-16;/h10-11,14,17H,2-9H2,1H3;1H. The number of likely N-dealkylation sites (tertiary alicyclic amines) is 1. The molecule has 2 amide bonds. The predicted octanol–water partition coefficient (Wildman–Crippen LogP) is -0.398. The zero-order chi connectivity index (χ0) is 13.8. The summed E-state index contributed by atoms with van der Waals surface area (Å²) in [6.07, 6.45) is 1.22. The van der Waals surface area contributed by atoms with E-state index in [0.717, 1.165) is 13.1 Å². The molecule has 2 rings (SSSR count). The summed E-state index contributed by atoms with van der Waals surface area (Å²) < 4.78 is 0. The number of amides is 2. The first-order valence-corrected chi connectivity index (χ1v) is 7.09. The molecular weight excluding hydrogens is 282 g/mol. The van der Waals surface area contributed by atoms with Crippen LogP contribution in [0.3, 0.4) is 0 Å². The summed E-state index contributed by atoms with van der Waals surface area (Å²) >= 11 is 0. The van der Waals surface area contributed by atoms with Gasteiger partial charge in [0.05, 0.1) is 18.6 Å². The number of nitrogens with one attached hydrogen (secondary N) is 1. The molecule has 2 fully saturated rings. The van der Waals surface area contributed by atoms with E-state index in [1.165, 1.54) is 0 Å². The zero-order valence-electron chi connectivity index (χ0n) is 11.9. The molecule has 0 radical (unpaired) electrons. The molecule has 7 heteroatoms. The van der Waals surface area contributed by atoms with E-state index in [2.05, 4.69) is 5.32 Å². The highest BCUT2D eigenvalue weighted by molar-refractivity contribution is 5.89. The van der Waals surface area contributed by atoms with Crippen molar-refractivity contribution in [3.63, 3.8) is 0 Å². The smallest absolute Gasteiger partial charge is 0.240 e. The van der Waals surface area contributed by atoms with Crippen molar-refractivity contribution in [3.05, 3.63) is 0 Å². The van der Waals surface area contributed by atoms with Gasteiger partial charge in [0, 0.05) is 32.7 Å². The van der Waals surface area contributed by atoms with E-state index in [9.17, 15) is 14.7 Å². The lowest BCUT2D eigenvalue weighted by Gasteiger charge is -2.34. The number of likely N-dealkylation sites (N-methyl/N-ethyl adjacent to an activating group) is 1. The topological polar surface area (TPSA) is 72.9 Å². The molecule has 2 heterocycles. The summed E-state index contributed by atoms with van der Waals surface area (Å²) in [5, 5.41) is 12.6. The number of aliphatic hydroxyl groups is 1. The number of aliphatic hydroxyl groups excluding tert-OH is 1. The number of piperazine rings is 1. The van der Waals surface area contributed by atoms with E-state index in [1.807, 2.05) is 6.92 Å². The average Bonchev–Trinajstić information content (AvgIpc) is 2.42. The number of hydrogen-bond donors (Lipinski definition) is 2. The Labute approximate surface area is 125 Å². The third kappa shape index (κ3) is 4.07. The van der Waals surface area contributed by atoms with Crippen molar-refractivity contribution in [2.45, 2.75) is 38.3 Å². The lowest BCUT2D eigenvalue weighted by molar-refractivity contribution is -0.141. The summed E-state index contributed by atoms with van der Waals surface area (Å²) in [6.45, 7) is 5.30. The molecule has 2 aliphatic heterocycles. The third-order valence-electron chi connectivity index (χ3n) is 3.96. The molecular formula is C13H24ClN3O3. The van der Waals surface area contributed by atoms with E-state index >= 15 is 0 Å². The molecule has 0 spiro atoms. The van der Waals surface area contributed by atoms with E-state index in [1.54, 1.807) is 9.80 Å². The van der Waals surface area contributed by atoms with Crippen LogP contribution in [0.25, 0.3) is 0 Å². The molecule has 2 saturated heterocycles. The van der Waals surface area contributed by atoms with Gasteiger partial charge in [0.15, 0.2) is 0 Å². The van der Waals surface area contributed by atoms with Gasteiger partial charge >= 0.3 is 0 Å². The summed E-state index contributed by atoms with van der Waals surface area (Å²) in [5.41, 5.74) is 0. The fourth-order valence-corrected chi connectivity index (χ4v) is 2.68. The van der Waals surface area contributed by atoms with Crippen molar-refractivity contribution >= 4 is 24.2 Å². The van der Waals surface area contributed by atoms with Crippen LogP contribution in [0.1, 0.15) is 26.2 Å². The van der Waals surface area contributed by atoms with Crippen LogP contribution in [0.2, 0.25) is 0 Å². The lowest BCUT2D eigenvalue weighted by atomic mass is 10.1. The molecule has 1 atom stereocenters. The van der Waals surface area contributed by atoms with Crippen molar-refractivity contribution in [3.8, 4) is 0 Å². The minimum absolute atomic E-state index is 0. The fraction of sp³-hybridized carbons (Fsp3) is 0.846. The van der Waals surface area contributed by atoms with Crippen molar-refractivity contribution in [1.29, 1.82) is 0 Å². The lowest BCUT2D eigenvalue weighted by Crippen LogP contribution is -2.56. The summed E-state index contributed by atoms with van der Waals surface area (Å²) in [6, 6.07) is -0.381. The summed E-state index contributed by atoms with van der Waals surface area (Å²) in [7, 11) is 0. The van der Waals surface area contributed by atoms with Gasteiger partial charge in [-0.05, 0) is 19.8 Å². The minimum Gasteiger partial charge on any atom is -0.393 e. The largest absolute Gasteiger partial charge is 0.393 e. The van der Waals surface area contributed by atoms with Gasteiger partial charge in [-0.3, -0.25) is 9.59 Å². The number of carbonyl (C=O) groups is 2. The van der Waals surface area contributed by atoms with Crippen LogP contribution < -0.4 is 5.32 Å². The molecule has 2 N–H and O–H groups in total. The average molecular weight is 306 g/mol. The number of hydrogen-bond acceptors (Lipinski definition) is 4. The Morgan fingerprint density at radius 3 is 2.60 bits per heavy atom. The van der Waals surface area contributed by atoms with Gasteiger partial charge in [0.2, 0.25) is 11.8 Å². The maximum absolute atomic E-state index is 12.1. The van der Waals surface area contributed by atoms with Gasteiger partial charge in [-0.2, -0.15) is 0 Å². The number of nitrogens with zero attached hydrogens (tertiary/aromatic N) is 2. The van der Waals surface area contributed by atoms with E-state index < -0.39 is 0 Å². The maximum Gasteiger partial charge on any atom is 0.240 e. The Hall–Kier alpha value is -0.850. The van der Waals surface area contributed by atoms with Crippen molar-refractivity contribution in [2.75, 3.05) is 32.7 Å². The molecule has 1 unspecified atom stereocenters. The molecule has 0 aromatic carbocycles. The van der Waals surface area contributed by atoms with Crippen LogP contribution in [0, 0.1) is 0 Å². The number of halogens is 1. The Morgan fingerprint density at radius 1 is 1.35 bits per heavy atom. The summed E-state index contributed by atoms with van der Waals surface area (Å²) in [4.78, 5) is 27.8. The van der Waals surface area contributed by atoms with Crippen LogP contribution in [0.4, 0.5) is 0 Å². The van der Waals surface area contributed by atoms with Gasteiger partial charge < -0.3 is 20.2 Å². The zero-order valence-corrected chi connectivity index (χ0v) is 12.7. The molecule has 6 nitrogen and oxygen atoms in total. The highest BCUT2D eigenvalue weighted by Crippen LogP contribution is 2.13. The second-order valence-electron chi connectivity index (χ2n) is 5.24. The molecule has 116 valence electrons. The predicted molar refractivity (Wildman–Crippen MR) is 77.7 cm³/mol. The van der Waals surface area contributed by atoms with Crippen molar-refractivity contribution in [1.82, 2.24) is 15.1 Å². The Morgan fingerprint density at radius 2 is 2.00 bits per heavy atom. The molecule has 20 heavy (non-hydrogen) atoms. The number of rotatable bonds is 3. The van der Waals surface area contributed by atoms with Gasteiger partial charge in [0.1, 0.15) is 0 Å². The van der Waals surface area contributed by atoms with Gasteiger partial charge in [-0.15, -0.1) is 12.4 Å². The molecule has 0 saturated carbocycles. The Kier molecular flexibility index (Phi) is 6.71. The highest BCUT2D eigenvalue weighted by Gasteiger charge is 2.31. The van der Waals surface area contributed by atoms with E-state index in [0.29, 0.717) is 32.5 Å². The molecule has 2 aliphatic rings. The third-order valence-corrected chi connectivity index (χ3v) is 3.96. The summed E-state index contributed by atoms with van der Waals surface area (Å²) in [5.74, 6) is 0.0369. The van der Waals surface area contributed by atoms with Crippen LogP contribution in [-0.2, 0) is 9.59 Å². The van der Waals surface area contributed by atoms with Gasteiger partial charge in [-0.25, -0.2) is 0 Å². The van der Waals surface area contributed by atoms with E-state index in [-0.39, 0.29) is 42.8 Å². The van der Waals surface area contributed by atoms with Gasteiger partial charge in [0.25, 0.3) is 0 Å². The highest BCUT2D eigenvalue weighted by atomic mass is 35.5. The Bertz CT molecular complexity index is 346. The molecule has 0 aliphatic carbocycles. The molecule has 0 aromatic heterocycles. The second-order valence-corrected chi connectivity index (χ2v) is 5.24. The normalized spacial score (nSPS) is 24.5. The number of piperidine rings is 1. The van der Waals surface area contributed by atoms with Crippen molar-refractivity contribution < 1.29 is 14.7 Å². The van der Waals surface area contributed by atoms with Crippen molar-refractivity contribution in [2.24, 2.45) is 0 Å². The molecule has 0 bridgehead atoms. The van der Waals surface area contributed by atoms with E-state index in [4.69, 9.17) is 0 Å². The fourth-order valence-electron chi connectivity index (χ4n) is 2.68.